The van der Waals surface area contributed by atoms with Crippen LogP contribution in [-0.2, 0) is 11.2 Å². The van der Waals surface area contributed by atoms with Gasteiger partial charge in [-0.15, -0.1) is 0 Å². The maximum atomic E-state index is 12.5. The molecule has 8 heteroatoms. The number of aromatic nitrogens is 2. The molecule has 0 saturated carbocycles. The second-order valence-electron chi connectivity index (χ2n) is 5.10. The van der Waals surface area contributed by atoms with Gasteiger partial charge in [-0.1, -0.05) is 11.3 Å². The number of anilines is 2. The lowest BCUT2D eigenvalue weighted by Crippen LogP contribution is -2.12. The van der Waals surface area contributed by atoms with E-state index in [-0.39, 0.29) is 17.4 Å². The zero-order chi connectivity index (χ0) is 16.6. The molecule has 0 saturated heterocycles. The Kier molecular flexibility index (Phi) is 3.83. The number of fused-ring (bicyclic) bond motifs is 1. The molecule has 2 aromatic rings. The van der Waals surface area contributed by atoms with Crippen LogP contribution < -0.4 is 11.1 Å². The number of allylic oxidation sites excluding steroid dienone is 1. The quantitative estimate of drug-likeness (QED) is 0.742. The second-order valence-corrected chi connectivity index (χ2v) is 6.10. The van der Waals surface area contributed by atoms with Crippen LogP contribution in [0.1, 0.15) is 34.3 Å². The normalized spacial score (nSPS) is 13.6. The summed E-state index contributed by atoms with van der Waals surface area (Å²) in [7, 11) is 0. The molecule has 1 amide bonds. The summed E-state index contributed by atoms with van der Waals surface area (Å²) in [6.07, 6.45) is 2.30. The molecule has 0 atom stereocenters. The second kappa shape index (κ2) is 5.81. The number of aliphatic hydroxyl groups excluding tert-OH is 1. The number of hydrogen-bond acceptors (Lipinski definition) is 7. The van der Waals surface area contributed by atoms with Gasteiger partial charge in [-0.05, 0) is 25.0 Å². The molecule has 0 unspecified atom stereocenters. The van der Waals surface area contributed by atoms with E-state index in [0.717, 1.165) is 11.3 Å². The molecule has 1 aliphatic carbocycles. The predicted molar refractivity (Wildman–Crippen MR) is 87.3 cm³/mol. The van der Waals surface area contributed by atoms with Gasteiger partial charge in [0, 0.05) is 24.3 Å². The van der Waals surface area contributed by atoms with Crippen LogP contribution in [0.5, 0.6) is 0 Å². The van der Waals surface area contributed by atoms with Crippen molar-refractivity contribution in [1.29, 1.82) is 0 Å². The first-order valence-electron chi connectivity index (χ1n) is 6.91. The van der Waals surface area contributed by atoms with Crippen molar-refractivity contribution in [2.24, 2.45) is 0 Å². The van der Waals surface area contributed by atoms with Gasteiger partial charge in [0.25, 0.3) is 0 Å². The Bertz CT molecular complexity index is 824. The van der Waals surface area contributed by atoms with Gasteiger partial charge >= 0.3 is 0 Å². The van der Waals surface area contributed by atoms with Crippen LogP contribution in [0.25, 0.3) is 5.76 Å². The van der Waals surface area contributed by atoms with Crippen LogP contribution in [0.4, 0.5) is 10.9 Å². The Morgan fingerprint density at radius 3 is 2.78 bits per heavy atom. The lowest BCUT2D eigenvalue weighted by molar-refractivity contribution is -0.114. The molecule has 3 rings (SSSR count). The standard InChI is InChI=1S/C15H14N4O3S/c1-7(20)18-15-19-10-4-3-9(13(22)14(10)23-15)12(21)8-2-5-11(16)17-6-8/h2,5-6,22H,3-4H2,1H3,(H2,16,17)(H,18,19,20). The van der Waals surface area contributed by atoms with Crippen molar-refractivity contribution < 1.29 is 14.7 Å². The molecule has 2 aromatic heterocycles. The number of nitrogens with zero attached hydrogens (tertiary/aromatic N) is 2. The van der Waals surface area contributed by atoms with E-state index in [0.29, 0.717) is 45.5 Å². The number of carbonyl (C=O) groups is 2. The molecule has 23 heavy (non-hydrogen) atoms. The third kappa shape index (κ3) is 2.93. The molecular weight excluding hydrogens is 316 g/mol. The highest BCUT2D eigenvalue weighted by molar-refractivity contribution is 7.16. The van der Waals surface area contributed by atoms with Gasteiger partial charge in [-0.2, -0.15) is 0 Å². The number of ketones is 1. The highest BCUT2D eigenvalue weighted by atomic mass is 32.1. The van der Waals surface area contributed by atoms with E-state index in [1.54, 1.807) is 12.1 Å². The number of aliphatic hydroxyl groups is 1. The fourth-order valence-electron chi connectivity index (χ4n) is 2.34. The summed E-state index contributed by atoms with van der Waals surface area (Å²) in [6, 6.07) is 3.12. The minimum Gasteiger partial charge on any atom is -0.506 e. The maximum absolute atomic E-state index is 12.5. The van der Waals surface area contributed by atoms with E-state index in [9.17, 15) is 14.7 Å². The number of rotatable bonds is 3. The van der Waals surface area contributed by atoms with Gasteiger partial charge < -0.3 is 16.2 Å². The fourth-order valence-corrected chi connectivity index (χ4v) is 3.37. The summed E-state index contributed by atoms with van der Waals surface area (Å²) in [5.74, 6) is -0.269. The van der Waals surface area contributed by atoms with Crippen molar-refractivity contribution >= 4 is 39.7 Å². The first-order valence-corrected chi connectivity index (χ1v) is 7.73. The van der Waals surface area contributed by atoms with Gasteiger partial charge in [0.05, 0.1) is 10.6 Å². The number of nitrogens with two attached hydrogens (primary N) is 1. The van der Waals surface area contributed by atoms with Crippen LogP contribution in [0.15, 0.2) is 23.9 Å². The van der Waals surface area contributed by atoms with Crippen LogP contribution >= 0.6 is 11.3 Å². The zero-order valence-electron chi connectivity index (χ0n) is 12.3. The Balaban J connectivity index is 1.95. The van der Waals surface area contributed by atoms with Crippen molar-refractivity contribution in [3.63, 3.8) is 0 Å². The summed E-state index contributed by atoms with van der Waals surface area (Å²) in [4.78, 5) is 32.3. The number of pyridine rings is 1. The molecule has 2 heterocycles. The van der Waals surface area contributed by atoms with Gasteiger partial charge in [-0.25, -0.2) is 9.97 Å². The van der Waals surface area contributed by atoms with Crippen molar-refractivity contribution in [1.82, 2.24) is 9.97 Å². The predicted octanol–water partition coefficient (Wildman–Crippen LogP) is 2.18. The van der Waals surface area contributed by atoms with Gasteiger partial charge in [0.15, 0.2) is 10.9 Å². The Labute approximate surface area is 135 Å². The third-order valence-electron chi connectivity index (χ3n) is 3.42. The summed E-state index contributed by atoms with van der Waals surface area (Å²) in [6.45, 7) is 1.39. The molecule has 0 bridgehead atoms. The van der Waals surface area contributed by atoms with Crippen molar-refractivity contribution in [2.75, 3.05) is 11.1 Å². The monoisotopic (exact) mass is 330 g/mol. The molecule has 0 aromatic carbocycles. The highest BCUT2D eigenvalue weighted by Gasteiger charge is 2.27. The Morgan fingerprint density at radius 1 is 1.35 bits per heavy atom. The molecule has 0 radical (unpaired) electrons. The Morgan fingerprint density at radius 2 is 2.13 bits per heavy atom. The molecule has 1 aliphatic rings. The van der Waals surface area contributed by atoms with Gasteiger partial charge in [0.2, 0.25) is 5.91 Å². The molecular formula is C15H14N4O3S. The van der Waals surface area contributed by atoms with Crippen molar-refractivity contribution in [2.45, 2.75) is 19.8 Å². The number of carbonyl (C=O) groups excluding carboxylic acids is 2. The first-order chi connectivity index (χ1) is 11.0. The molecule has 0 spiro atoms. The zero-order valence-corrected chi connectivity index (χ0v) is 13.1. The molecule has 4 N–H and O–H groups in total. The molecule has 7 nitrogen and oxygen atoms in total. The van der Waals surface area contributed by atoms with Crippen LogP contribution in [0.2, 0.25) is 0 Å². The van der Waals surface area contributed by atoms with Crippen LogP contribution in [0, 0.1) is 0 Å². The third-order valence-corrected chi connectivity index (χ3v) is 4.44. The van der Waals surface area contributed by atoms with E-state index in [1.165, 1.54) is 13.1 Å². The first kappa shape index (κ1) is 15.2. The highest BCUT2D eigenvalue weighted by Crippen LogP contribution is 2.36. The SMILES string of the molecule is CC(=O)Nc1nc2c(s1)C(O)=C(C(=O)c1ccc(N)nc1)CC2. The van der Waals surface area contributed by atoms with E-state index >= 15 is 0 Å². The maximum Gasteiger partial charge on any atom is 0.223 e. The number of hydrogen-bond donors (Lipinski definition) is 3. The van der Waals surface area contributed by atoms with Crippen molar-refractivity contribution in [3.8, 4) is 0 Å². The fraction of sp³-hybridized carbons (Fsp3) is 0.200. The smallest absolute Gasteiger partial charge is 0.223 e. The summed E-state index contributed by atoms with van der Waals surface area (Å²) >= 11 is 1.15. The Hall–Kier alpha value is -2.74. The molecule has 118 valence electrons. The number of Topliss-reactive ketones (excluding diaryl/α,β-unsaturated/α-hetero) is 1. The average molecular weight is 330 g/mol. The van der Waals surface area contributed by atoms with E-state index < -0.39 is 0 Å². The molecule has 0 aliphatic heterocycles. The van der Waals surface area contributed by atoms with Crippen LogP contribution in [0.3, 0.4) is 0 Å². The topological polar surface area (TPSA) is 118 Å². The number of nitrogens with one attached hydrogen (secondary N) is 1. The summed E-state index contributed by atoms with van der Waals surface area (Å²) in [5.41, 5.74) is 6.89. The van der Waals surface area contributed by atoms with Crippen LogP contribution in [-0.4, -0.2) is 26.8 Å². The van der Waals surface area contributed by atoms with E-state index in [1.807, 2.05) is 0 Å². The number of nitrogen functional groups attached to an aromatic ring is 1. The molecule has 0 fully saturated rings. The average Bonchev–Trinajstić information content (AvgIpc) is 2.90. The minimum atomic E-state index is -0.282. The van der Waals surface area contributed by atoms with Gasteiger partial charge in [0.1, 0.15) is 11.6 Å². The summed E-state index contributed by atoms with van der Waals surface area (Å²) in [5, 5.41) is 13.4. The van der Waals surface area contributed by atoms with Crippen molar-refractivity contribution in [3.05, 3.63) is 40.0 Å². The van der Waals surface area contributed by atoms with Gasteiger partial charge in [-0.3, -0.25) is 9.59 Å². The van der Waals surface area contributed by atoms with E-state index in [4.69, 9.17) is 5.73 Å². The summed E-state index contributed by atoms with van der Waals surface area (Å²) < 4.78 is 0. The largest absolute Gasteiger partial charge is 0.506 e. The number of thiazole rings is 1. The lowest BCUT2D eigenvalue weighted by Gasteiger charge is -2.14. The van der Waals surface area contributed by atoms with E-state index in [2.05, 4.69) is 15.3 Å². The number of amides is 1. The minimum absolute atomic E-state index is 0.0813. The lowest BCUT2D eigenvalue weighted by atomic mass is 9.93. The number of aryl methyl sites for hydroxylation is 1.